The van der Waals surface area contributed by atoms with Gasteiger partial charge in [0.05, 0.1) is 0 Å². The molecule has 1 heterocycles. The van der Waals surface area contributed by atoms with Crippen LogP contribution in [0.1, 0.15) is 19.4 Å². The number of rotatable bonds is 6. The van der Waals surface area contributed by atoms with Crippen LogP contribution in [0.4, 0.5) is 5.69 Å². The van der Waals surface area contributed by atoms with Crippen molar-refractivity contribution in [3.63, 3.8) is 0 Å². The standard InChI is InChI=1S/C17H20N2OS2/c1-13(2)12-22-16-7-5-15(6-8-16)19-17(21)20-11-14-4-3-9-18-10-14/h3-10,13H,11-12H2,1-2H3,(H,19,21). The maximum atomic E-state index is 5.52. The molecule has 0 saturated heterocycles. The van der Waals surface area contributed by atoms with Crippen molar-refractivity contribution in [2.75, 3.05) is 11.1 Å². The van der Waals surface area contributed by atoms with E-state index in [0.29, 0.717) is 17.7 Å². The minimum absolute atomic E-state index is 0.367. The highest BCUT2D eigenvalue weighted by atomic mass is 32.2. The number of nitrogens with one attached hydrogen (secondary N) is 1. The minimum atomic E-state index is 0.367. The Bertz CT molecular complexity index is 585. The van der Waals surface area contributed by atoms with Crippen molar-refractivity contribution in [2.24, 2.45) is 5.92 Å². The van der Waals surface area contributed by atoms with Crippen molar-refractivity contribution in [1.82, 2.24) is 4.98 Å². The van der Waals surface area contributed by atoms with Gasteiger partial charge in [-0.25, -0.2) is 0 Å². The summed E-state index contributed by atoms with van der Waals surface area (Å²) in [5.74, 6) is 1.82. The van der Waals surface area contributed by atoms with Crippen molar-refractivity contribution in [2.45, 2.75) is 25.3 Å². The second-order valence-corrected chi connectivity index (χ2v) is 6.76. The number of thiocarbonyl (C=S) groups is 1. The number of anilines is 1. The minimum Gasteiger partial charge on any atom is -0.466 e. The fourth-order valence-corrected chi connectivity index (χ4v) is 2.71. The molecule has 3 nitrogen and oxygen atoms in total. The molecular weight excluding hydrogens is 312 g/mol. The van der Waals surface area contributed by atoms with Gasteiger partial charge in [0, 0.05) is 34.3 Å². The van der Waals surface area contributed by atoms with Gasteiger partial charge in [-0.2, -0.15) is 0 Å². The zero-order valence-electron chi connectivity index (χ0n) is 12.8. The Labute approximate surface area is 141 Å². The average molecular weight is 332 g/mol. The highest BCUT2D eigenvalue weighted by molar-refractivity contribution is 7.99. The summed E-state index contributed by atoms with van der Waals surface area (Å²) in [4.78, 5) is 5.31. The van der Waals surface area contributed by atoms with E-state index < -0.39 is 0 Å². The molecule has 0 aliphatic heterocycles. The molecule has 2 rings (SSSR count). The van der Waals surface area contributed by atoms with Gasteiger partial charge in [0.15, 0.2) is 0 Å². The Morgan fingerprint density at radius 2 is 2.05 bits per heavy atom. The van der Waals surface area contributed by atoms with E-state index in [2.05, 4.69) is 36.3 Å². The molecule has 5 heteroatoms. The number of hydrogen-bond donors (Lipinski definition) is 1. The predicted octanol–water partition coefficient (Wildman–Crippen LogP) is 4.74. The Morgan fingerprint density at radius 1 is 1.27 bits per heavy atom. The summed E-state index contributed by atoms with van der Waals surface area (Å²) in [6.45, 7) is 4.86. The Morgan fingerprint density at radius 3 is 2.68 bits per heavy atom. The zero-order valence-corrected chi connectivity index (χ0v) is 14.4. The number of thioether (sulfide) groups is 1. The molecule has 0 spiro atoms. The summed E-state index contributed by atoms with van der Waals surface area (Å²) in [7, 11) is 0. The highest BCUT2D eigenvalue weighted by Gasteiger charge is 2.02. The lowest BCUT2D eigenvalue weighted by molar-refractivity contribution is 0.299. The summed E-state index contributed by atoms with van der Waals surface area (Å²) in [5, 5.41) is 3.45. The van der Waals surface area contributed by atoms with Crippen molar-refractivity contribution >= 4 is 34.8 Å². The molecular formula is C17H20N2OS2. The van der Waals surface area contributed by atoms with Crippen molar-refractivity contribution in [3.05, 3.63) is 54.4 Å². The monoisotopic (exact) mass is 332 g/mol. The number of hydrogen-bond acceptors (Lipinski definition) is 4. The summed E-state index contributed by atoms with van der Waals surface area (Å²) in [5.41, 5.74) is 1.93. The molecule has 0 saturated carbocycles. The molecule has 2 aromatic rings. The third kappa shape index (κ3) is 6.03. The van der Waals surface area contributed by atoms with E-state index in [9.17, 15) is 0 Å². The van der Waals surface area contributed by atoms with Crippen LogP contribution in [-0.2, 0) is 11.3 Å². The number of nitrogens with zero attached hydrogens (tertiary/aromatic N) is 1. The first-order valence-corrected chi connectivity index (χ1v) is 8.58. The van der Waals surface area contributed by atoms with E-state index in [1.165, 1.54) is 4.90 Å². The van der Waals surface area contributed by atoms with Gasteiger partial charge in [-0.3, -0.25) is 4.98 Å². The van der Waals surface area contributed by atoms with Crippen LogP contribution in [0.5, 0.6) is 0 Å². The molecule has 22 heavy (non-hydrogen) atoms. The SMILES string of the molecule is CC(C)CSc1ccc(NC(=S)OCc2cccnc2)cc1. The molecule has 0 aliphatic carbocycles. The summed E-state index contributed by atoms with van der Waals surface area (Å²) in [6, 6.07) is 12.1. The Kier molecular flexibility index (Phi) is 6.68. The topological polar surface area (TPSA) is 34.1 Å². The van der Waals surface area contributed by atoms with Gasteiger partial charge < -0.3 is 10.1 Å². The van der Waals surface area contributed by atoms with Gasteiger partial charge in [-0.05, 0) is 48.5 Å². The summed E-state index contributed by atoms with van der Waals surface area (Å²) >= 11 is 7.06. The molecule has 0 radical (unpaired) electrons. The Hall–Kier alpha value is -1.59. The number of aromatic nitrogens is 1. The number of pyridine rings is 1. The third-order valence-corrected chi connectivity index (χ3v) is 4.44. The molecule has 116 valence electrons. The van der Waals surface area contributed by atoms with E-state index >= 15 is 0 Å². The van der Waals surface area contributed by atoms with Crippen molar-refractivity contribution in [1.29, 1.82) is 0 Å². The molecule has 0 aliphatic rings. The normalized spacial score (nSPS) is 10.5. The first-order chi connectivity index (χ1) is 10.6. The van der Waals surface area contributed by atoms with Crippen LogP contribution in [0.3, 0.4) is 0 Å². The van der Waals surface area contributed by atoms with E-state index in [4.69, 9.17) is 17.0 Å². The number of ether oxygens (including phenoxy) is 1. The van der Waals surface area contributed by atoms with Crippen LogP contribution in [0.15, 0.2) is 53.7 Å². The first-order valence-electron chi connectivity index (χ1n) is 7.19. The second kappa shape index (κ2) is 8.76. The van der Waals surface area contributed by atoms with Crippen molar-refractivity contribution in [3.8, 4) is 0 Å². The van der Waals surface area contributed by atoms with Crippen LogP contribution in [-0.4, -0.2) is 15.9 Å². The van der Waals surface area contributed by atoms with Gasteiger partial charge in [0.1, 0.15) is 6.61 Å². The molecule has 0 bridgehead atoms. The largest absolute Gasteiger partial charge is 0.466 e. The summed E-state index contributed by atoms with van der Waals surface area (Å²) < 4.78 is 5.52. The zero-order chi connectivity index (χ0) is 15.8. The smallest absolute Gasteiger partial charge is 0.261 e. The van der Waals surface area contributed by atoms with Crippen LogP contribution in [0.25, 0.3) is 0 Å². The van der Waals surface area contributed by atoms with Crippen molar-refractivity contribution < 1.29 is 4.74 Å². The summed E-state index contributed by atoms with van der Waals surface area (Å²) in [6.07, 6.45) is 3.50. The predicted molar refractivity (Wildman–Crippen MR) is 97.3 cm³/mol. The van der Waals surface area contributed by atoms with E-state index in [1.54, 1.807) is 12.4 Å². The van der Waals surface area contributed by atoms with Gasteiger partial charge in [0.2, 0.25) is 0 Å². The average Bonchev–Trinajstić information content (AvgIpc) is 2.53. The molecule has 1 aromatic heterocycles. The first kappa shape index (κ1) is 16.8. The molecule has 1 N–H and O–H groups in total. The lowest BCUT2D eigenvalue weighted by atomic mass is 10.3. The maximum Gasteiger partial charge on any atom is 0.261 e. The number of benzene rings is 1. The van der Waals surface area contributed by atoms with Crippen LogP contribution >= 0.6 is 24.0 Å². The highest BCUT2D eigenvalue weighted by Crippen LogP contribution is 2.22. The molecule has 1 aromatic carbocycles. The Balaban J connectivity index is 1.79. The maximum absolute atomic E-state index is 5.52. The fourth-order valence-electron chi connectivity index (χ4n) is 1.68. The van der Waals surface area contributed by atoms with Gasteiger partial charge in [0.25, 0.3) is 5.17 Å². The lowest BCUT2D eigenvalue weighted by Crippen LogP contribution is -2.13. The van der Waals surface area contributed by atoms with Crippen LogP contribution < -0.4 is 5.32 Å². The van der Waals surface area contributed by atoms with Crippen LogP contribution in [0, 0.1) is 5.92 Å². The fraction of sp³-hybridized carbons (Fsp3) is 0.294. The quantitative estimate of drug-likeness (QED) is 0.610. The van der Waals surface area contributed by atoms with Gasteiger partial charge >= 0.3 is 0 Å². The lowest BCUT2D eigenvalue weighted by Gasteiger charge is -2.10. The molecule has 0 atom stereocenters. The molecule has 0 unspecified atom stereocenters. The second-order valence-electron chi connectivity index (χ2n) is 5.29. The molecule has 0 amide bonds. The van der Waals surface area contributed by atoms with Gasteiger partial charge in [-0.15, -0.1) is 11.8 Å². The third-order valence-electron chi connectivity index (χ3n) is 2.78. The van der Waals surface area contributed by atoms with E-state index in [0.717, 1.165) is 17.0 Å². The van der Waals surface area contributed by atoms with E-state index in [1.807, 2.05) is 36.0 Å². The van der Waals surface area contributed by atoms with Crippen LogP contribution in [0.2, 0.25) is 0 Å². The van der Waals surface area contributed by atoms with E-state index in [-0.39, 0.29) is 0 Å². The molecule has 0 fully saturated rings. The van der Waals surface area contributed by atoms with Gasteiger partial charge in [-0.1, -0.05) is 19.9 Å².